The summed E-state index contributed by atoms with van der Waals surface area (Å²) in [5.41, 5.74) is 0.539. The molecular weight excluding hydrogens is 308 g/mol. The maximum Gasteiger partial charge on any atom is 0.298 e. The highest BCUT2D eigenvalue weighted by molar-refractivity contribution is 6.03. The van der Waals surface area contributed by atoms with Crippen LogP contribution in [0.25, 0.3) is 10.8 Å². The molecule has 3 aromatic rings. The minimum atomic E-state index is -0.516. The molecule has 6 nitrogen and oxygen atoms in total. The molecule has 0 heterocycles. The number of aliphatic imine (C=N–C) groups is 1. The Morgan fingerprint density at radius 2 is 1.96 bits per heavy atom. The first-order valence-electron chi connectivity index (χ1n) is 7.17. The predicted molar refractivity (Wildman–Crippen MR) is 92.5 cm³/mol. The molecule has 0 unspecified atom stereocenters. The van der Waals surface area contributed by atoms with Crippen LogP contribution in [0, 0.1) is 10.1 Å². The van der Waals surface area contributed by atoms with E-state index in [0.717, 1.165) is 10.8 Å². The molecule has 0 saturated carbocycles. The summed E-state index contributed by atoms with van der Waals surface area (Å²) in [7, 11) is 1.44. The number of methoxy groups -OCH3 is 1. The van der Waals surface area contributed by atoms with Crippen LogP contribution in [0.2, 0.25) is 0 Å². The average Bonchev–Trinajstić information content (AvgIpc) is 2.60. The van der Waals surface area contributed by atoms with Gasteiger partial charge in [0.15, 0.2) is 0 Å². The van der Waals surface area contributed by atoms with Gasteiger partial charge in [-0.3, -0.25) is 10.1 Å². The van der Waals surface area contributed by atoms with Crippen molar-refractivity contribution in [1.29, 1.82) is 0 Å². The Morgan fingerprint density at radius 3 is 2.71 bits per heavy atom. The fraction of sp³-hybridized carbons (Fsp3) is 0.0556. The van der Waals surface area contributed by atoms with Gasteiger partial charge >= 0.3 is 0 Å². The number of hydrogen-bond acceptors (Lipinski definition) is 5. The van der Waals surface area contributed by atoms with Crippen molar-refractivity contribution in [3.63, 3.8) is 0 Å². The molecule has 0 aromatic heterocycles. The fourth-order valence-electron chi connectivity index (χ4n) is 2.44. The van der Waals surface area contributed by atoms with Crippen LogP contribution in [-0.4, -0.2) is 23.4 Å². The lowest BCUT2D eigenvalue weighted by Crippen LogP contribution is -1.91. The van der Waals surface area contributed by atoms with E-state index in [1.165, 1.54) is 25.5 Å². The third-order valence-corrected chi connectivity index (χ3v) is 3.66. The number of aromatic hydroxyl groups is 1. The van der Waals surface area contributed by atoms with E-state index in [4.69, 9.17) is 4.74 Å². The minimum Gasteiger partial charge on any atom is -0.507 e. The molecule has 0 fully saturated rings. The van der Waals surface area contributed by atoms with Gasteiger partial charge in [0.25, 0.3) is 5.69 Å². The SMILES string of the molecule is COc1ccc(N=Cc2c(O)ccc3ccccc23)c([N+](=O)[O-])c1. The third-order valence-electron chi connectivity index (χ3n) is 3.66. The predicted octanol–water partition coefficient (Wildman–Crippen LogP) is 4.21. The normalized spacial score (nSPS) is 11.0. The lowest BCUT2D eigenvalue weighted by Gasteiger charge is -2.05. The minimum absolute atomic E-state index is 0.0635. The van der Waals surface area contributed by atoms with Crippen LogP contribution in [0.15, 0.2) is 59.6 Å². The molecule has 120 valence electrons. The van der Waals surface area contributed by atoms with Crippen molar-refractivity contribution in [2.45, 2.75) is 0 Å². The average molecular weight is 322 g/mol. The summed E-state index contributed by atoms with van der Waals surface area (Å²) in [6, 6.07) is 15.3. The lowest BCUT2D eigenvalue weighted by molar-refractivity contribution is -0.384. The fourth-order valence-corrected chi connectivity index (χ4v) is 2.44. The highest BCUT2D eigenvalue weighted by atomic mass is 16.6. The topological polar surface area (TPSA) is 85.0 Å². The molecule has 3 rings (SSSR count). The number of nitro benzene ring substituents is 1. The standard InChI is InChI=1S/C18H14N2O4/c1-24-13-7-8-16(17(10-13)20(22)23)19-11-15-14-5-3-2-4-12(14)6-9-18(15)21/h2-11,21H,1H3. The molecule has 0 aliphatic heterocycles. The van der Waals surface area contributed by atoms with Crippen molar-refractivity contribution < 1.29 is 14.8 Å². The van der Waals surface area contributed by atoms with E-state index in [9.17, 15) is 15.2 Å². The van der Waals surface area contributed by atoms with Gasteiger partial charge in [0.2, 0.25) is 0 Å². The number of phenolic OH excluding ortho intramolecular Hbond substituents is 1. The zero-order valence-corrected chi connectivity index (χ0v) is 12.8. The van der Waals surface area contributed by atoms with Crippen LogP contribution in [0.4, 0.5) is 11.4 Å². The Balaban J connectivity index is 2.09. The number of ether oxygens (including phenoxy) is 1. The first-order valence-corrected chi connectivity index (χ1v) is 7.17. The van der Waals surface area contributed by atoms with E-state index < -0.39 is 4.92 Å². The van der Waals surface area contributed by atoms with Gasteiger partial charge in [0.05, 0.1) is 18.1 Å². The van der Waals surface area contributed by atoms with Crippen LogP contribution in [-0.2, 0) is 0 Å². The van der Waals surface area contributed by atoms with Gasteiger partial charge in [-0.1, -0.05) is 30.3 Å². The van der Waals surface area contributed by atoms with E-state index in [1.807, 2.05) is 24.3 Å². The summed E-state index contributed by atoms with van der Waals surface area (Å²) in [4.78, 5) is 14.9. The second-order valence-electron chi connectivity index (χ2n) is 5.09. The summed E-state index contributed by atoms with van der Waals surface area (Å²) in [5, 5.41) is 23.1. The molecule has 6 heteroatoms. The van der Waals surface area contributed by atoms with E-state index in [-0.39, 0.29) is 17.1 Å². The van der Waals surface area contributed by atoms with E-state index in [0.29, 0.717) is 11.3 Å². The zero-order valence-electron chi connectivity index (χ0n) is 12.8. The highest BCUT2D eigenvalue weighted by Gasteiger charge is 2.14. The first kappa shape index (κ1) is 15.5. The third kappa shape index (κ3) is 2.89. The van der Waals surface area contributed by atoms with Gasteiger partial charge in [-0.15, -0.1) is 0 Å². The van der Waals surface area contributed by atoms with Crippen molar-refractivity contribution in [2.24, 2.45) is 4.99 Å². The van der Waals surface area contributed by atoms with E-state index in [1.54, 1.807) is 18.2 Å². The Labute approximate surface area is 137 Å². The number of benzene rings is 3. The van der Waals surface area contributed by atoms with Gasteiger partial charge < -0.3 is 9.84 Å². The van der Waals surface area contributed by atoms with E-state index in [2.05, 4.69) is 4.99 Å². The van der Waals surface area contributed by atoms with Crippen LogP contribution in [0.1, 0.15) is 5.56 Å². The molecule has 0 atom stereocenters. The highest BCUT2D eigenvalue weighted by Crippen LogP contribution is 2.32. The van der Waals surface area contributed by atoms with Crippen molar-refractivity contribution in [1.82, 2.24) is 0 Å². The molecule has 0 bridgehead atoms. The maximum atomic E-state index is 11.2. The lowest BCUT2D eigenvalue weighted by atomic mass is 10.0. The molecule has 0 aliphatic carbocycles. The Kier molecular flexibility index (Phi) is 4.11. The molecule has 0 radical (unpaired) electrons. The monoisotopic (exact) mass is 322 g/mol. The summed E-state index contributed by atoms with van der Waals surface area (Å²) in [6.07, 6.45) is 1.44. The largest absolute Gasteiger partial charge is 0.507 e. The van der Waals surface area contributed by atoms with Crippen molar-refractivity contribution in [3.05, 3.63) is 70.3 Å². The number of rotatable bonds is 4. The first-order chi connectivity index (χ1) is 11.6. The Hall–Kier alpha value is -3.41. The smallest absolute Gasteiger partial charge is 0.298 e. The molecule has 0 aliphatic rings. The van der Waals surface area contributed by atoms with Crippen molar-refractivity contribution in [2.75, 3.05) is 7.11 Å². The molecular formula is C18H14N2O4. The summed E-state index contributed by atoms with van der Waals surface area (Å²) < 4.78 is 5.00. The van der Waals surface area contributed by atoms with Crippen LogP contribution in [0.3, 0.4) is 0 Å². The van der Waals surface area contributed by atoms with Gasteiger partial charge in [-0.2, -0.15) is 0 Å². The molecule has 3 aromatic carbocycles. The number of phenols is 1. The second kappa shape index (κ2) is 6.37. The van der Waals surface area contributed by atoms with Crippen LogP contribution < -0.4 is 4.74 Å². The Bertz CT molecular complexity index is 951. The molecule has 0 spiro atoms. The van der Waals surface area contributed by atoms with Crippen molar-refractivity contribution >= 4 is 28.4 Å². The van der Waals surface area contributed by atoms with Gasteiger partial charge in [-0.05, 0) is 29.0 Å². The molecule has 0 amide bonds. The Morgan fingerprint density at radius 1 is 1.17 bits per heavy atom. The van der Waals surface area contributed by atoms with Gasteiger partial charge in [0, 0.05) is 11.8 Å². The summed E-state index contributed by atoms with van der Waals surface area (Å²) in [5.74, 6) is 0.447. The molecule has 24 heavy (non-hydrogen) atoms. The van der Waals surface area contributed by atoms with Crippen molar-refractivity contribution in [3.8, 4) is 11.5 Å². The zero-order chi connectivity index (χ0) is 17.1. The number of hydrogen-bond donors (Lipinski definition) is 1. The summed E-state index contributed by atoms with van der Waals surface area (Å²) in [6.45, 7) is 0. The van der Waals surface area contributed by atoms with Crippen LogP contribution >= 0.6 is 0 Å². The van der Waals surface area contributed by atoms with Crippen LogP contribution in [0.5, 0.6) is 11.5 Å². The van der Waals surface area contributed by atoms with Gasteiger partial charge in [-0.25, -0.2) is 4.99 Å². The molecule has 1 N–H and O–H groups in total. The number of nitrogens with zero attached hydrogens (tertiary/aromatic N) is 2. The second-order valence-corrected chi connectivity index (χ2v) is 5.09. The molecule has 0 saturated heterocycles. The van der Waals surface area contributed by atoms with E-state index >= 15 is 0 Å². The quantitative estimate of drug-likeness (QED) is 0.443. The number of nitro groups is 1. The number of fused-ring (bicyclic) bond motifs is 1. The summed E-state index contributed by atoms with van der Waals surface area (Å²) >= 11 is 0. The van der Waals surface area contributed by atoms with Gasteiger partial charge in [0.1, 0.15) is 17.2 Å². The maximum absolute atomic E-state index is 11.2.